The van der Waals surface area contributed by atoms with Crippen LogP contribution in [0.1, 0.15) is 48.5 Å². The van der Waals surface area contributed by atoms with Crippen LogP contribution in [0, 0.1) is 5.82 Å². The van der Waals surface area contributed by atoms with Gasteiger partial charge in [-0.1, -0.05) is 36.6 Å². The molecule has 5 rings (SSSR count). The van der Waals surface area contributed by atoms with Crippen LogP contribution in [-0.4, -0.2) is 30.9 Å². The number of hydrogen-bond acceptors (Lipinski definition) is 7. The lowest BCUT2D eigenvalue weighted by Gasteiger charge is -2.20. The van der Waals surface area contributed by atoms with E-state index in [-0.39, 0.29) is 17.5 Å². The smallest absolute Gasteiger partial charge is 0.255 e. The van der Waals surface area contributed by atoms with E-state index in [0.717, 1.165) is 31.9 Å². The minimum absolute atomic E-state index is 0.0843. The van der Waals surface area contributed by atoms with Crippen LogP contribution < -0.4 is 16.4 Å². The quantitative estimate of drug-likeness (QED) is 0.339. The highest BCUT2D eigenvalue weighted by Gasteiger charge is 2.19. The molecule has 2 aromatic carbocycles. The van der Waals surface area contributed by atoms with Gasteiger partial charge in [0.1, 0.15) is 11.4 Å². The number of para-hydroxylation sites is 2. The summed E-state index contributed by atoms with van der Waals surface area (Å²) in [6, 6.07) is 14.1. The molecule has 0 radical (unpaired) electrons. The number of hydrogen-bond donors (Lipinski definition) is 3. The van der Waals surface area contributed by atoms with Gasteiger partial charge in [-0.3, -0.25) is 4.79 Å². The van der Waals surface area contributed by atoms with Crippen molar-refractivity contribution < 1.29 is 9.18 Å². The zero-order valence-electron chi connectivity index (χ0n) is 19.0. The van der Waals surface area contributed by atoms with Crippen LogP contribution >= 0.6 is 0 Å². The van der Waals surface area contributed by atoms with Gasteiger partial charge in [0.2, 0.25) is 5.95 Å². The molecular formula is C25H25FN8O. The average molecular weight is 473 g/mol. The lowest BCUT2D eigenvalue weighted by atomic mass is 9.96. The number of nitrogens with one attached hydrogen (secondary N) is 2. The van der Waals surface area contributed by atoms with Crippen LogP contribution in [0.25, 0.3) is 11.4 Å². The molecule has 0 bridgehead atoms. The molecule has 35 heavy (non-hydrogen) atoms. The second kappa shape index (κ2) is 9.88. The Balaban J connectivity index is 1.28. The van der Waals surface area contributed by atoms with E-state index in [4.69, 9.17) is 5.73 Å². The first-order valence-electron chi connectivity index (χ1n) is 11.5. The lowest BCUT2D eigenvalue weighted by molar-refractivity contribution is 0.102. The summed E-state index contributed by atoms with van der Waals surface area (Å²) in [4.78, 5) is 20.9. The van der Waals surface area contributed by atoms with Crippen LogP contribution in [-0.2, 0) is 0 Å². The first-order chi connectivity index (χ1) is 17.1. The number of anilines is 4. The fraction of sp³-hybridized carbons (Fsp3) is 0.240. The molecule has 0 saturated heterocycles. The van der Waals surface area contributed by atoms with Crippen molar-refractivity contribution in [2.24, 2.45) is 0 Å². The summed E-state index contributed by atoms with van der Waals surface area (Å²) in [5, 5.41) is 14.2. The summed E-state index contributed by atoms with van der Waals surface area (Å²) in [6.07, 6.45) is 8.52. The Morgan fingerprint density at radius 1 is 1.06 bits per heavy atom. The van der Waals surface area contributed by atoms with Gasteiger partial charge in [0.05, 0.1) is 29.8 Å². The Hall–Kier alpha value is -4.34. The van der Waals surface area contributed by atoms with Crippen molar-refractivity contribution >= 4 is 28.9 Å². The molecule has 4 aromatic rings. The number of benzene rings is 2. The zero-order valence-corrected chi connectivity index (χ0v) is 19.0. The van der Waals surface area contributed by atoms with Gasteiger partial charge in [-0.05, 0) is 49.2 Å². The molecular weight excluding hydrogens is 447 g/mol. The van der Waals surface area contributed by atoms with E-state index in [9.17, 15) is 9.18 Å². The third-order valence-electron chi connectivity index (χ3n) is 6.06. The molecule has 1 amide bonds. The molecule has 1 saturated carbocycles. The van der Waals surface area contributed by atoms with Crippen LogP contribution in [0.3, 0.4) is 0 Å². The van der Waals surface area contributed by atoms with Crippen LogP contribution in [0.5, 0.6) is 0 Å². The molecule has 10 heteroatoms. The minimum atomic E-state index is -0.571. The largest absolute Gasteiger partial charge is 0.397 e. The molecule has 1 aliphatic carbocycles. The van der Waals surface area contributed by atoms with Crippen molar-refractivity contribution in [1.82, 2.24) is 25.0 Å². The summed E-state index contributed by atoms with van der Waals surface area (Å²) < 4.78 is 16.3. The summed E-state index contributed by atoms with van der Waals surface area (Å²) in [5.41, 5.74) is 8.47. The van der Waals surface area contributed by atoms with E-state index in [2.05, 4.69) is 30.9 Å². The summed E-state index contributed by atoms with van der Waals surface area (Å²) in [5.74, 6) is -0.642. The van der Waals surface area contributed by atoms with Crippen molar-refractivity contribution in [3.05, 3.63) is 72.3 Å². The average Bonchev–Trinajstić information content (AvgIpc) is 3.38. The number of rotatable bonds is 6. The highest BCUT2D eigenvalue weighted by Crippen LogP contribution is 2.29. The number of halogens is 1. The monoisotopic (exact) mass is 472 g/mol. The number of amides is 1. The van der Waals surface area contributed by atoms with Gasteiger partial charge in [0, 0.05) is 11.3 Å². The summed E-state index contributed by atoms with van der Waals surface area (Å²) in [6.45, 7) is 0. The van der Waals surface area contributed by atoms with Gasteiger partial charge in [0.15, 0.2) is 5.82 Å². The van der Waals surface area contributed by atoms with E-state index in [1.54, 1.807) is 54.7 Å². The normalized spacial score (nSPS) is 14.0. The van der Waals surface area contributed by atoms with Gasteiger partial charge in [0.25, 0.3) is 5.91 Å². The Morgan fingerprint density at radius 3 is 2.60 bits per heavy atom. The first kappa shape index (κ1) is 22.5. The highest BCUT2D eigenvalue weighted by atomic mass is 19.1. The van der Waals surface area contributed by atoms with Gasteiger partial charge < -0.3 is 16.4 Å². The lowest BCUT2D eigenvalue weighted by Crippen LogP contribution is -2.13. The Morgan fingerprint density at radius 2 is 1.83 bits per heavy atom. The van der Waals surface area contributed by atoms with Crippen molar-refractivity contribution in [3.8, 4) is 11.4 Å². The molecule has 0 aliphatic heterocycles. The van der Waals surface area contributed by atoms with E-state index < -0.39 is 5.82 Å². The van der Waals surface area contributed by atoms with Gasteiger partial charge in [-0.25, -0.2) is 19.0 Å². The predicted molar refractivity (Wildman–Crippen MR) is 132 cm³/mol. The second-order valence-corrected chi connectivity index (χ2v) is 8.51. The maximum Gasteiger partial charge on any atom is 0.255 e. The highest BCUT2D eigenvalue weighted by molar-refractivity contribution is 6.05. The number of aromatic nitrogens is 5. The van der Waals surface area contributed by atoms with Crippen LogP contribution in [0.2, 0.25) is 0 Å². The topological polar surface area (TPSA) is 124 Å². The third-order valence-corrected chi connectivity index (χ3v) is 6.06. The first-order valence-corrected chi connectivity index (χ1v) is 11.5. The van der Waals surface area contributed by atoms with Crippen LogP contribution in [0.4, 0.5) is 27.4 Å². The number of nitrogens with zero attached hydrogens (tertiary/aromatic N) is 5. The molecule has 1 fully saturated rings. The van der Waals surface area contributed by atoms with Crippen molar-refractivity contribution in [2.45, 2.75) is 38.1 Å². The van der Waals surface area contributed by atoms with E-state index in [0.29, 0.717) is 34.4 Å². The fourth-order valence-corrected chi connectivity index (χ4v) is 4.16. The zero-order chi connectivity index (χ0) is 24.2. The summed E-state index contributed by atoms with van der Waals surface area (Å²) >= 11 is 0. The number of nitrogen functional groups attached to an aromatic ring is 1. The van der Waals surface area contributed by atoms with Gasteiger partial charge >= 0.3 is 0 Å². The second-order valence-electron chi connectivity index (χ2n) is 8.51. The fourth-order valence-electron chi connectivity index (χ4n) is 4.16. The third kappa shape index (κ3) is 5.11. The minimum Gasteiger partial charge on any atom is -0.397 e. The van der Waals surface area contributed by atoms with E-state index in [1.165, 1.54) is 6.42 Å². The van der Waals surface area contributed by atoms with Gasteiger partial charge in [-0.2, -0.15) is 0 Å². The Bertz CT molecular complexity index is 1330. The number of carbonyl (C=O) groups excluding carboxylic acids is 1. The molecule has 2 aromatic heterocycles. The maximum absolute atomic E-state index is 14.5. The number of nitrogens with two attached hydrogens (primary N) is 1. The number of carbonyl (C=O) groups is 1. The molecule has 0 atom stereocenters. The van der Waals surface area contributed by atoms with Gasteiger partial charge in [-0.15, -0.1) is 5.10 Å². The van der Waals surface area contributed by atoms with Crippen molar-refractivity contribution in [3.63, 3.8) is 0 Å². The SMILES string of the molecule is Nc1ccccc1NC(=O)c1ccc(Nc2ncc(F)c(-c3cn(C4CCCCC4)nn3)n2)cc1. The summed E-state index contributed by atoms with van der Waals surface area (Å²) in [7, 11) is 0. The maximum atomic E-state index is 14.5. The van der Waals surface area contributed by atoms with E-state index >= 15 is 0 Å². The predicted octanol–water partition coefficient (Wildman–Crippen LogP) is 4.96. The molecule has 0 spiro atoms. The van der Waals surface area contributed by atoms with E-state index in [1.807, 2.05) is 4.68 Å². The van der Waals surface area contributed by atoms with Crippen molar-refractivity contribution in [1.29, 1.82) is 0 Å². The molecule has 178 valence electrons. The molecule has 2 heterocycles. The Labute approximate surface area is 201 Å². The molecule has 1 aliphatic rings. The standard InChI is InChI=1S/C25H25FN8O/c26-19-14-28-25(31-23(19)22-15-34(33-32-22)18-6-2-1-3-7-18)29-17-12-10-16(11-13-17)24(35)30-21-9-5-4-8-20(21)27/h4-5,8-15,18H,1-3,6-7,27H2,(H,30,35)(H,28,29,31). The molecule has 4 N–H and O–H groups in total. The van der Waals surface area contributed by atoms with Crippen LogP contribution in [0.15, 0.2) is 60.9 Å². The van der Waals surface area contributed by atoms with Crippen molar-refractivity contribution in [2.75, 3.05) is 16.4 Å². The molecule has 9 nitrogen and oxygen atoms in total. The Kier molecular flexibility index (Phi) is 6.34. The molecule has 0 unspecified atom stereocenters.